The highest BCUT2D eigenvalue weighted by Gasteiger charge is 2.14. The third kappa shape index (κ3) is 4.88. The molecule has 2 aromatic carbocycles. The molecule has 4 nitrogen and oxygen atoms in total. The second-order valence-corrected chi connectivity index (χ2v) is 5.12. The van der Waals surface area contributed by atoms with Gasteiger partial charge in [0.1, 0.15) is 0 Å². The van der Waals surface area contributed by atoms with Crippen LogP contribution in [0.25, 0.3) is 0 Å². The first-order valence-electron chi connectivity index (χ1n) is 7.06. The van der Waals surface area contributed by atoms with Crippen LogP contribution in [0.4, 0.5) is 14.5 Å². The Kier molecular flexibility index (Phi) is 5.41. The summed E-state index contributed by atoms with van der Waals surface area (Å²) in [6.45, 7) is 1.69. The number of nitrogens with one attached hydrogen (secondary N) is 2. The maximum Gasteiger partial charge on any atom is 0.251 e. The van der Waals surface area contributed by atoms with Gasteiger partial charge in [0.05, 0.1) is 0 Å². The maximum absolute atomic E-state index is 13.1. The SMILES string of the molecule is CC(CC(=O)Nc1ccc(F)c(F)c1)NC(=O)c1ccccc1. The largest absolute Gasteiger partial charge is 0.349 e. The van der Waals surface area contributed by atoms with Crippen molar-refractivity contribution in [3.8, 4) is 0 Å². The van der Waals surface area contributed by atoms with Crippen LogP contribution in [0, 0.1) is 11.6 Å². The zero-order valence-corrected chi connectivity index (χ0v) is 12.5. The third-order valence-corrected chi connectivity index (χ3v) is 3.11. The van der Waals surface area contributed by atoms with Crippen molar-refractivity contribution in [1.82, 2.24) is 5.32 Å². The topological polar surface area (TPSA) is 58.2 Å². The first-order chi connectivity index (χ1) is 11.0. The van der Waals surface area contributed by atoms with Crippen LogP contribution in [0.3, 0.4) is 0 Å². The molecule has 1 unspecified atom stereocenters. The number of carbonyl (C=O) groups is 2. The van der Waals surface area contributed by atoms with Gasteiger partial charge in [0, 0.05) is 29.8 Å². The summed E-state index contributed by atoms with van der Waals surface area (Å²) in [4.78, 5) is 23.8. The van der Waals surface area contributed by atoms with Gasteiger partial charge in [-0.25, -0.2) is 8.78 Å². The molecule has 0 heterocycles. The molecule has 23 heavy (non-hydrogen) atoms. The molecule has 0 aromatic heterocycles. The molecule has 0 saturated heterocycles. The van der Waals surface area contributed by atoms with Crippen molar-refractivity contribution in [3.63, 3.8) is 0 Å². The Hall–Kier alpha value is -2.76. The van der Waals surface area contributed by atoms with E-state index in [-0.39, 0.29) is 18.0 Å². The van der Waals surface area contributed by atoms with E-state index in [4.69, 9.17) is 0 Å². The number of benzene rings is 2. The van der Waals surface area contributed by atoms with Crippen molar-refractivity contribution in [2.45, 2.75) is 19.4 Å². The fourth-order valence-corrected chi connectivity index (χ4v) is 2.01. The number of halogens is 2. The molecular formula is C17H16F2N2O2. The van der Waals surface area contributed by atoms with Crippen LogP contribution in [0.5, 0.6) is 0 Å². The Morgan fingerprint density at radius 1 is 1.04 bits per heavy atom. The normalized spacial score (nSPS) is 11.6. The lowest BCUT2D eigenvalue weighted by Crippen LogP contribution is -2.35. The van der Waals surface area contributed by atoms with E-state index >= 15 is 0 Å². The molecule has 2 rings (SSSR count). The highest BCUT2D eigenvalue weighted by atomic mass is 19.2. The molecule has 2 N–H and O–H groups in total. The molecule has 2 aromatic rings. The fourth-order valence-electron chi connectivity index (χ4n) is 2.01. The molecule has 6 heteroatoms. The van der Waals surface area contributed by atoms with Gasteiger partial charge in [-0.3, -0.25) is 9.59 Å². The first kappa shape index (κ1) is 16.6. The van der Waals surface area contributed by atoms with E-state index in [1.807, 2.05) is 0 Å². The average molecular weight is 318 g/mol. The third-order valence-electron chi connectivity index (χ3n) is 3.11. The zero-order valence-electron chi connectivity index (χ0n) is 12.5. The molecule has 0 spiro atoms. The molecule has 0 fully saturated rings. The number of rotatable bonds is 5. The summed E-state index contributed by atoms with van der Waals surface area (Å²) in [7, 11) is 0. The minimum atomic E-state index is -1.03. The summed E-state index contributed by atoms with van der Waals surface area (Å²) < 4.78 is 25.9. The lowest BCUT2D eigenvalue weighted by Gasteiger charge is -2.14. The van der Waals surface area contributed by atoms with Gasteiger partial charge in [-0.05, 0) is 31.2 Å². The van der Waals surface area contributed by atoms with Gasteiger partial charge in [-0.2, -0.15) is 0 Å². The summed E-state index contributed by atoms with van der Waals surface area (Å²) in [5, 5.41) is 5.16. The standard InChI is InChI=1S/C17H16F2N2O2/c1-11(20-17(23)12-5-3-2-4-6-12)9-16(22)21-13-7-8-14(18)15(19)10-13/h2-8,10-11H,9H2,1H3,(H,20,23)(H,21,22). The lowest BCUT2D eigenvalue weighted by molar-refractivity contribution is -0.116. The molecule has 2 amide bonds. The van der Waals surface area contributed by atoms with E-state index in [0.29, 0.717) is 5.56 Å². The number of amides is 2. The van der Waals surface area contributed by atoms with Crippen LogP contribution in [-0.4, -0.2) is 17.9 Å². The monoisotopic (exact) mass is 318 g/mol. The average Bonchev–Trinajstić information content (AvgIpc) is 2.51. The van der Waals surface area contributed by atoms with Crippen molar-refractivity contribution in [3.05, 3.63) is 65.7 Å². The predicted octanol–water partition coefficient (Wildman–Crippen LogP) is 3.11. The quantitative estimate of drug-likeness (QED) is 0.890. The Morgan fingerprint density at radius 3 is 2.39 bits per heavy atom. The molecule has 0 aliphatic rings. The summed E-state index contributed by atoms with van der Waals surface area (Å²) in [6, 6.07) is 11.3. The second-order valence-electron chi connectivity index (χ2n) is 5.12. The zero-order chi connectivity index (χ0) is 16.8. The number of carbonyl (C=O) groups excluding carboxylic acids is 2. The van der Waals surface area contributed by atoms with Crippen LogP contribution < -0.4 is 10.6 Å². The summed E-state index contributed by atoms with van der Waals surface area (Å²) in [6.07, 6.45) is 0.0115. The van der Waals surface area contributed by atoms with Gasteiger partial charge in [0.2, 0.25) is 5.91 Å². The van der Waals surface area contributed by atoms with Crippen molar-refractivity contribution in [2.75, 3.05) is 5.32 Å². The summed E-state index contributed by atoms with van der Waals surface area (Å²) in [5.41, 5.74) is 0.663. The highest BCUT2D eigenvalue weighted by molar-refractivity contribution is 5.95. The molecule has 120 valence electrons. The molecule has 0 saturated carbocycles. The Labute approximate surface area is 132 Å². The van der Waals surface area contributed by atoms with Crippen molar-refractivity contribution < 1.29 is 18.4 Å². The molecular weight excluding hydrogens is 302 g/mol. The van der Waals surface area contributed by atoms with Gasteiger partial charge < -0.3 is 10.6 Å². The summed E-state index contributed by atoms with van der Waals surface area (Å²) >= 11 is 0. The van der Waals surface area contributed by atoms with Crippen LogP contribution in [0.2, 0.25) is 0 Å². The molecule has 0 aliphatic heterocycles. The molecule has 0 bridgehead atoms. The van der Waals surface area contributed by atoms with E-state index in [1.54, 1.807) is 37.3 Å². The van der Waals surface area contributed by atoms with Gasteiger partial charge in [-0.15, -0.1) is 0 Å². The predicted molar refractivity (Wildman–Crippen MR) is 83.0 cm³/mol. The van der Waals surface area contributed by atoms with Crippen molar-refractivity contribution in [1.29, 1.82) is 0 Å². The van der Waals surface area contributed by atoms with Crippen molar-refractivity contribution >= 4 is 17.5 Å². The van der Waals surface area contributed by atoms with E-state index in [0.717, 1.165) is 12.1 Å². The molecule has 0 radical (unpaired) electrons. The minimum absolute atomic E-state index is 0.0115. The van der Waals surface area contributed by atoms with Gasteiger partial charge in [0.15, 0.2) is 11.6 Å². The Balaban J connectivity index is 1.87. The number of hydrogen-bond donors (Lipinski definition) is 2. The van der Waals surface area contributed by atoms with E-state index in [2.05, 4.69) is 10.6 Å². The van der Waals surface area contributed by atoms with E-state index in [1.165, 1.54) is 6.07 Å². The van der Waals surface area contributed by atoms with Crippen LogP contribution in [0.1, 0.15) is 23.7 Å². The van der Waals surface area contributed by atoms with E-state index < -0.39 is 23.6 Å². The number of hydrogen-bond acceptors (Lipinski definition) is 2. The van der Waals surface area contributed by atoms with Crippen LogP contribution in [0.15, 0.2) is 48.5 Å². The maximum atomic E-state index is 13.1. The van der Waals surface area contributed by atoms with E-state index in [9.17, 15) is 18.4 Å². The van der Waals surface area contributed by atoms with Crippen LogP contribution in [-0.2, 0) is 4.79 Å². The molecule has 0 aliphatic carbocycles. The first-order valence-corrected chi connectivity index (χ1v) is 7.06. The Morgan fingerprint density at radius 2 is 1.74 bits per heavy atom. The van der Waals surface area contributed by atoms with Gasteiger partial charge in [-0.1, -0.05) is 18.2 Å². The second kappa shape index (κ2) is 7.49. The Bertz CT molecular complexity index is 705. The minimum Gasteiger partial charge on any atom is -0.349 e. The van der Waals surface area contributed by atoms with Crippen LogP contribution >= 0.6 is 0 Å². The lowest BCUT2D eigenvalue weighted by atomic mass is 10.1. The number of anilines is 1. The fraction of sp³-hybridized carbons (Fsp3) is 0.176. The molecule has 1 atom stereocenters. The van der Waals surface area contributed by atoms with Gasteiger partial charge >= 0.3 is 0 Å². The van der Waals surface area contributed by atoms with Crippen molar-refractivity contribution in [2.24, 2.45) is 0 Å². The van der Waals surface area contributed by atoms with Gasteiger partial charge in [0.25, 0.3) is 5.91 Å². The smallest absolute Gasteiger partial charge is 0.251 e. The highest BCUT2D eigenvalue weighted by Crippen LogP contribution is 2.13. The summed E-state index contributed by atoms with van der Waals surface area (Å²) in [5.74, 6) is -2.70.